The minimum absolute atomic E-state index is 0.949. The molecule has 0 saturated carbocycles. The van der Waals surface area contributed by atoms with E-state index in [-0.39, 0.29) is 0 Å². The molecule has 4 heteroatoms. The summed E-state index contributed by atoms with van der Waals surface area (Å²) in [7, 11) is 3.25. The summed E-state index contributed by atoms with van der Waals surface area (Å²) in [6, 6.07) is 4.28. The molecule has 0 radical (unpaired) electrons. The molecule has 26 heavy (non-hydrogen) atoms. The zero-order chi connectivity index (χ0) is 20.5. The van der Waals surface area contributed by atoms with Gasteiger partial charge in [0.1, 0.15) is 0 Å². The number of nitrogens with two attached hydrogens (primary N) is 1. The van der Waals surface area contributed by atoms with Crippen LogP contribution in [0.1, 0.15) is 70.1 Å². The number of hydrogen-bond acceptors (Lipinski definition) is 3. The minimum Gasteiger partial charge on any atom is -0.401 e. The number of aryl methyl sites for hydroxylation is 3. The molecule has 0 heterocycles. The van der Waals surface area contributed by atoms with Gasteiger partial charge in [0, 0.05) is 36.6 Å². The normalized spacial score (nSPS) is 11.3. The Morgan fingerprint density at radius 3 is 2.08 bits per heavy atom. The van der Waals surface area contributed by atoms with Gasteiger partial charge in [-0.25, -0.2) is 4.42 Å². The first-order valence-corrected chi connectivity index (χ1v) is 10.3. The highest BCUT2D eigenvalue weighted by Crippen LogP contribution is 2.26. The number of allylic oxidation sites excluding steroid dienone is 2. The van der Waals surface area contributed by atoms with Crippen molar-refractivity contribution in [2.24, 2.45) is 5.73 Å². The van der Waals surface area contributed by atoms with Gasteiger partial charge in [0.2, 0.25) is 0 Å². The fourth-order valence-electron chi connectivity index (χ4n) is 2.31. The molecule has 150 valence electrons. The monoisotopic (exact) mass is 382 g/mol. The van der Waals surface area contributed by atoms with E-state index in [0.717, 1.165) is 29.2 Å². The highest BCUT2D eigenvalue weighted by atomic mass is 32.2. The van der Waals surface area contributed by atoms with Gasteiger partial charge >= 0.3 is 11.4 Å². The maximum absolute atomic E-state index is 6.10. The fraction of sp³-hybridized carbons (Fsp3) is 0.591. The Labute approximate surface area is 166 Å². The van der Waals surface area contributed by atoms with Gasteiger partial charge in [-0.1, -0.05) is 33.6 Å². The second-order valence-electron chi connectivity index (χ2n) is 6.01. The Morgan fingerprint density at radius 1 is 1.12 bits per heavy atom. The quantitative estimate of drug-likeness (QED) is 0.319. The molecule has 1 rings (SSSR count). The Bertz CT molecular complexity index is 528. The van der Waals surface area contributed by atoms with Crippen molar-refractivity contribution in [3.8, 4) is 5.75 Å². The molecule has 0 bridgehead atoms. The second kappa shape index (κ2) is 17.2. The third-order valence-corrected chi connectivity index (χ3v) is 4.31. The van der Waals surface area contributed by atoms with Crippen LogP contribution >= 0.6 is 11.8 Å². The van der Waals surface area contributed by atoms with Crippen LogP contribution in [0.25, 0.3) is 0 Å². The summed E-state index contributed by atoms with van der Waals surface area (Å²) in [6.45, 7) is 14.5. The third kappa shape index (κ3) is 12.2. The van der Waals surface area contributed by atoms with E-state index >= 15 is 0 Å². The molecule has 0 amide bonds. The lowest BCUT2D eigenvalue weighted by molar-refractivity contribution is 0.253. The molecule has 1 aromatic rings. The largest absolute Gasteiger partial charge is 0.401 e. The lowest BCUT2D eigenvalue weighted by Crippen LogP contribution is -1.99. The predicted octanol–water partition coefficient (Wildman–Crippen LogP) is 6.84. The Balaban J connectivity index is 0. The molecule has 0 saturated heterocycles. The van der Waals surface area contributed by atoms with E-state index in [1.165, 1.54) is 29.5 Å². The summed E-state index contributed by atoms with van der Waals surface area (Å²) in [6.07, 6.45) is 4.60. The molecule has 0 aliphatic carbocycles. The van der Waals surface area contributed by atoms with Crippen molar-refractivity contribution in [1.29, 1.82) is 0 Å². The van der Waals surface area contributed by atoms with E-state index < -0.39 is 0 Å². The highest BCUT2D eigenvalue weighted by molar-refractivity contribution is 8.15. The van der Waals surface area contributed by atoms with E-state index in [1.807, 2.05) is 13.8 Å². The molecular formula is C22H40NO2S+. The molecule has 2 N–H and O–H groups in total. The highest BCUT2D eigenvalue weighted by Gasteiger charge is 2.13. The van der Waals surface area contributed by atoms with Gasteiger partial charge in [-0.3, -0.25) is 0 Å². The van der Waals surface area contributed by atoms with Crippen molar-refractivity contribution in [3.05, 3.63) is 39.4 Å². The van der Waals surface area contributed by atoms with Crippen LogP contribution in [0, 0.1) is 20.8 Å². The number of benzene rings is 1. The Hall–Kier alpha value is -1.26. The van der Waals surface area contributed by atoms with Gasteiger partial charge < -0.3 is 10.5 Å². The summed E-state index contributed by atoms with van der Waals surface area (Å²) >= 11 is 1.57. The van der Waals surface area contributed by atoms with Crippen LogP contribution in [0.4, 0.5) is 0 Å². The first-order valence-electron chi connectivity index (χ1n) is 9.45. The van der Waals surface area contributed by atoms with Crippen molar-refractivity contribution in [1.82, 2.24) is 0 Å². The van der Waals surface area contributed by atoms with Gasteiger partial charge in [-0.2, -0.15) is 0 Å². The number of methoxy groups -OCH3 is 1. The molecule has 0 aliphatic rings. The molecule has 0 aliphatic heterocycles. The van der Waals surface area contributed by atoms with Crippen molar-refractivity contribution in [2.45, 2.75) is 74.1 Å². The van der Waals surface area contributed by atoms with E-state index in [9.17, 15) is 0 Å². The SMILES string of the molecule is CC.CCCCC/C(N)=C(\C)SC=[O+]c1c(C)cc(C)cc1C.COC. The lowest BCUT2D eigenvalue weighted by Gasteiger charge is -2.03. The van der Waals surface area contributed by atoms with Gasteiger partial charge in [0.05, 0.1) is 11.1 Å². The average molecular weight is 383 g/mol. The smallest absolute Gasteiger partial charge is 0.359 e. The third-order valence-electron chi connectivity index (χ3n) is 3.50. The number of unbranched alkanes of at least 4 members (excludes halogenated alkanes) is 2. The van der Waals surface area contributed by atoms with Crippen LogP contribution < -0.4 is 5.73 Å². The van der Waals surface area contributed by atoms with Gasteiger partial charge in [0.25, 0.3) is 0 Å². The molecular weight excluding hydrogens is 342 g/mol. The van der Waals surface area contributed by atoms with Crippen molar-refractivity contribution < 1.29 is 9.16 Å². The molecule has 1 aromatic carbocycles. The molecule has 0 atom stereocenters. The average Bonchev–Trinajstić information content (AvgIpc) is 2.59. The number of rotatable bonds is 7. The van der Waals surface area contributed by atoms with Crippen LogP contribution in [0.15, 0.2) is 22.7 Å². The number of ether oxygens (including phenoxy) is 1. The Morgan fingerprint density at radius 2 is 1.62 bits per heavy atom. The molecule has 0 spiro atoms. The Kier molecular flexibility index (Phi) is 17.8. The van der Waals surface area contributed by atoms with Crippen LogP contribution in [0.5, 0.6) is 5.75 Å². The predicted molar refractivity (Wildman–Crippen MR) is 120 cm³/mol. The summed E-state index contributed by atoms with van der Waals surface area (Å²) in [5.41, 5.74) is 12.5. The topological polar surface area (TPSA) is 46.5 Å². The molecule has 0 fully saturated rings. The van der Waals surface area contributed by atoms with Crippen LogP contribution in [-0.4, -0.2) is 19.8 Å². The van der Waals surface area contributed by atoms with E-state index in [0.29, 0.717) is 0 Å². The maximum atomic E-state index is 6.10. The summed E-state index contributed by atoms with van der Waals surface area (Å²) in [5, 5.41) is 0. The first-order chi connectivity index (χ1) is 12.4. The van der Waals surface area contributed by atoms with E-state index in [4.69, 9.17) is 10.2 Å². The minimum atomic E-state index is 0.949. The molecule has 3 nitrogen and oxygen atoms in total. The molecule has 0 unspecified atom stereocenters. The van der Waals surface area contributed by atoms with Gasteiger partial charge in [0.15, 0.2) is 0 Å². The van der Waals surface area contributed by atoms with Crippen molar-refractivity contribution in [3.63, 3.8) is 0 Å². The summed E-state index contributed by atoms with van der Waals surface area (Å²) in [4.78, 5) is 1.13. The van der Waals surface area contributed by atoms with Crippen molar-refractivity contribution >= 4 is 17.4 Å². The van der Waals surface area contributed by atoms with E-state index in [1.54, 1.807) is 31.6 Å². The maximum Gasteiger partial charge on any atom is 0.359 e. The van der Waals surface area contributed by atoms with Gasteiger partial charge in [-0.15, -0.1) is 0 Å². The fourth-order valence-corrected chi connectivity index (χ4v) is 2.86. The zero-order valence-electron chi connectivity index (χ0n) is 18.4. The van der Waals surface area contributed by atoms with E-state index in [2.05, 4.69) is 51.5 Å². The van der Waals surface area contributed by atoms with Crippen LogP contribution in [-0.2, 0) is 9.16 Å². The number of hydrogen-bond donors (Lipinski definition) is 1. The van der Waals surface area contributed by atoms with Gasteiger partial charge in [-0.05, 0) is 58.2 Å². The van der Waals surface area contributed by atoms with Crippen molar-refractivity contribution in [2.75, 3.05) is 14.2 Å². The standard InChI is InChI=1S/C18H28NOS.C2H6O.C2H6/c1-6-7-8-9-17(19)16(5)21-12-20-18-14(3)10-13(2)11-15(18)4;1-3-2;1-2/h10-12H,6-9,19H2,1-5H3;1-2H3;1-2H3/q+1;;/b17-16-;;. The summed E-state index contributed by atoms with van der Waals surface area (Å²) < 4.78 is 10.1. The number of carbonyl (C=O) groups excluding carboxylic acids is 1. The second-order valence-corrected chi connectivity index (χ2v) is 7.05. The van der Waals surface area contributed by atoms with Crippen LogP contribution in [0.3, 0.4) is 0 Å². The number of thioether (sulfide) groups is 1. The lowest BCUT2D eigenvalue weighted by atomic mass is 10.1. The first kappa shape index (κ1) is 27.0. The molecule has 0 aromatic heterocycles. The summed E-state index contributed by atoms with van der Waals surface area (Å²) in [5.74, 6) is 0.949. The van der Waals surface area contributed by atoms with Crippen LogP contribution in [0.2, 0.25) is 0 Å². The zero-order valence-corrected chi connectivity index (χ0v) is 19.2.